The average Bonchev–Trinajstić information content (AvgIpc) is 2.40. The molecule has 0 amide bonds. The number of aliphatic hydroxyl groups is 1. The van der Waals surface area contributed by atoms with E-state index in [-0.39, 0.29) is 6.61 Å². The second kappa shape index (κ2) is 6.18. The number of hydrogen-bond donors (Lipinski definition) is 1. The molecule has 0 aliphatic heterocycles. The van der Waals surface area contributed by atoms with Crippen LogP contribution in [0.1, 0.15) is 23.1 Å². The quantitative estimate of drug-likeness (QED) is 0.858. The highest BCUT2D eigenvalue weighted by molar-refractivity contribution is 5.79. The summed E-state index contributed by atoms with van der Waals surface area (Å²) in [7, 11) is 0. The van der Waals surface area contributed by atoms with E-state index in [1.54, 1.807) is 0 Å². The molecule has 2 aromatic rings. The zero-order chi connectivity index (χ0) is 12.8. The van der Waals surface area contributed by atoms with Crippen LogP contribution < -0.4 is 0 Å². The summed E-state index contributed by atoms with van der Waals surface area (Å²) >= 11 is 0. The van der Waals surface area contributed by atoms with Gasteiger partial charge in [0.05, 0.1) is 0 Å². The molecule has 0 aliphatic rings. The third-order valence-corrected chi connectivity index (χ3v) is 2.89. The van der Waals surface area contributed by atoms with Gasteiger partial charge in [-0.1, -0.05) is 66.2 Å². The normalized spacial score (nSPS) is 11.6. The highest BCUT2D eigenvalue weighted by Crippen LogP contribution is 2.24. The van der Waals surface area contributed by atoms with Crippen LogP contribution in [-0.2, 0) is 0 Å². The van der Waals surface area contributed by atoms with Crippen molar-refractivity contribution in [2.75, 3.05) is 6.61 Å². The van der Waals surface area contributed by atoms with Crippen molar-refractivity contribution in [2.24, 2.45) is 0 Å². The van der Waals surface area contributed by atoms with Crippen molar-refractivity contribution in [1.29, 1.82) is 0 Å². The lowest BCUT2D eigenvalue weighted by atomic mass is 9.96. The van der Waals surface area contributed by atoms with E-state index in [1.165, 1.54) is 22.3 Å². The zero-order valence-electron chi connectivity index (χ0n) is 10.6. The Morgan fingerprint density at radius 2 is 1.72 bits per heavy atom. The molecule has 0 spiro atoms. The molecule has 92 valence electrons. The molecule has 2 rings (SSSR count). The molecular formula is C17H18O. The highest BCUT2D eigenvalue weighted by atomic mass is 16.2. The lowest BCUT2D eigenvalue weighted by Gasteiger charge is -2.09. The van der Waals surface area contributed by atoms with Crippen LogP contribution in [0.2, 0.25) is 0 Å². The largest absolute Gasteiger partial charge is 0.396 e. The van der Waals surface area contributed by atoms with Crippen molar-refractivity contribution in [3.8, 4) is 0 Å². The van der Waals surface area contributed by atoms with E-state index in [0.717, 1.165) is 0 Å². The molecule has 1 heteroatoms. The van der Waals surface area contributed by atoms with Crippen molar-refractivity contribution in [3.05, 3.63) is 77.4 Å². The first-order valence-electron chi connectivity index (χ1n) is 6.25. The fourth-order valence-electron chi connectivity index (χ4n) is 2.04. The Morgan fingerprint density at radius 1 is 1.00 bits per heavy atom. The van der Waals surface area contributed by atoms with Crippen molar-refractivity contribution in [1.82, 2.24) is 0 Å². The first-order chi connectivity index (χ1) is 8.81. The molecule has 0 saturated heterocycles. The van der Waals surface area contributed by atoms with Crippen molar-refractivity contribution in [2.45, 2.75) is 13.3 Å². The molecule has 18 heavy (non-hydrogen) atoms. The molecule has 0 heterocycles. The van der Waals surface area contributed by atoms with Crippen molar-refractivity contribution in [3.63, 3.8) is 0 Å². The Kier molecular flexibility index (Phi) is 4.32. The molecule has 0 bridgehead atoms. The summed E-state index contributed by atoms with van der Waals surface area (Å²) < 4.78 is 0. The second-order valence-electron chi connectivity index (χ2n) is 4.37. The van der Waals surface area contributed by atoms with Gasteiger partial charge in [0.25, 0.3) is 0 Å². The van der Waals surface area contributed by atoms with E-state index < -0.39 is 0 Å². The maximum Gasteiger partial charge on any atom is 0.0465 e. The Balaban J connectivity index is 2.44. The molecule has 0 aliphatic carbocycles. The monoisotopic (exact) mass is 238 g/mol. The lowest BCUT2D eigenvalue weighted by molar-refractivity contribution is 0.303. The molecule has 0 unspecified atom stereocenters. The molecule has 0 fully saturated rings. The minimum absolute atomic E-state index is 0.183. The summed E-state index contributed by atoms with van der Waals surface area (Å²) in [4.78, 5) is 0. The first kappa shape index (κ1) is 12.6. The summed E-state index contributed by atoms with van der Waals surface area (Å²) in [6, 6.07) is 18.8. The van der Waals surface area contributed by atoms with E-state index >= 15 is 0 Å². The van der Waals surface area contributed by atoms with Gasteiger partial charge in [0, 0.05) is 6.61 Å². The minimum atomic E-state index is 0.183. The predicted molar refractivity (Wildman–Crippen MR) is 76.4 cm³/mol. The Morgan fingerprint density at radius 3 is 2.39 bits per heavy atom. The van der Waals surface area contributed by atoms with E-state index in [4.69, 9.17) is 5.11 Å². The van der Waals surface area contributed by atoms with E-state index in [0.29, 0.717) is 6.42 Å². The van der Waals surface area contributed by atoms with Crippen LogP contribution >= 0.6 is 0 Å². The van der Waals surface area contributed by atoms with Crippen LogP contribution in [0.5, 0.6) is 0 Å². The third-order valence-electron chi connectivity index (χ3n) is 2.89. The van der Waals surface area contributed by atoms with E-state index in [9.17, 15) is 0 Å². The minimum Gasteiger partial charge on any atom is -0.396 e. The van der Waals surface area contributed by atoms with Gasteiger partial charge in [-0.05, 0) is 30.0 Å². The van der Waals surface area contributed by atoms with Crippen LogP contribution in [-0.4, -0.2) is 11.7 Å². The molecule has 0 saturated carbocycles. The Labute approximate surface area is 108 Å². The lowest BCUT2D eigenvalue weighted by Crippen LogP contribution is -1.90. The highest BCUT2D eigenvalue weighted by Gasteiger charge is 2.04. The molecule has 1 N–H and O–H groups in total. The third kappa shape index (κ3) is 3.08. The predicted octanol–water partition coefficient (Wildman–Crippen LogP) is 3.81. The van der Waals surface area contributed by atoms with Gasteiger partial charge in [0.1, 0.15) is 0 Å². The summed E-state index contributed by atoms with van der Waals surface area (Å²) in [6.07, 6.45) is 2.78. The van der Waals surface area contributed by atoms with Crippen LogP contribution in [0.3, 0.4) is 0 Å². The van der Waals surface area contributed by atoms with E-state index in [2.05, 4.69) is 49.4 Å². The SMILES string of the molecule is Cc1cccc(C(=CCCO)c2ccccc2)c1. The van der Waals surface area contributed by atoms with Crippen LogP contribution in [0, 0.1) is 6.92 Å². The molecule has 2 aromatic carbocycles. The summed E-state index contributed by atoms with van der Waals surface area (Å²) in [6.45, 7) is 2.28. The topological polar surface area (TPSA) is 20.2 Å². The maximum atomic E-state index is 9.02. The fraction of sp³-hybridized carbons (Fsp3) is 0.176. The van der Waals surface area contributed by atoms with Gasteiger partial charge in [-0.15, -0.1) is 0 Å². The second-order valence-corrected chi connectivity index (χ2v) is 4.37. The first-order valence-corrected chi connectivity index (χ1v) is 6.25. The molecular weight excluding hydrogens is 220 g/mol. The van der Waals surface area contributed by atoms with Gasteiger partial charge in [-0.2, -0.15) is 0 Å². The van der Waals surface area contributed by atoms with Gasteiger partial charge >= 0.3 is 0 Å². The number of hydrogen-bond acceptors (Lipinski definition) is 1. The van der Waals surface area contributed by atoms with Gasteiger partial charge < -0.3 is 5.11 Å². The summed E-state index contributed by atoms with van der Waals surface area (Å²) in [5, 5.41) is 9.02. The number of aryl methyl sites for hydroxylation is 1. The number of benzene rings is 2. The Bertz CT molecular complexity index is 526. The Hall–Kier alpha value is -1.86. The standard InChI is InChI=1S/C17H18O/c1-14-7-5-10-16(13-14)17(11-6-12-18)15-8-3-2-4-9-15/h2-5,7-11,13,18H,6,12H2,1H3. The fourth-order valence-corrected chi connectivity index (χ4v) is 2.04. The van der Waals surface area contributed by atoms with Crippen LogP contribution in [0.15, 0.2) is 60.7 Å². The van der Waals surface area contributed by atoms with Crippen molar-refractivity contribution < 1.29 is 5.11 Å². The van der Waals surface area contributed by atoms with E-state index in [1.807, 2.05) is 18.2 Å². The summed E-state index contributed by atoms with van der Waals surface area (Å²) in [5.41, 5.74) is 4.83. The van der Waals surface area contributed by atoms with Crippen molar-refractivity contribution >= 4 is 5.57 Å². The van der Waals surface area contributed by atoms with Gasteiger partial charge in [-0.25, -0.2) is 0 Å². The van der Waals surface area contributed by atoms with Gasteiger partial charge in [-0.3, -0.25) is 0 Å². The molecule has 0 atom stereocenters. The zero-order valence-corrected chi connectivity index (χ0v) is 10.6. The van der Waals surface area contributed by atoms with Crippen LogP contribution in [0.25, 0.3) is 5.57 Å². The van der Waals surface area contributed by atoms with Crippen LogP contribution in [0.4, 0.5) is 0 Å². The van der Waals surface area contributed by atoms with Gasteiger partial charge in [0.15, 0.2) is 0 Å². The number of rotatable bonds is 4. The molecule has 1 nitrogen and oxygen atoms in total. The molecule has 0 aromatic heterocycles. The smallest absolute Gasteiger partial charge is 0.0465 e. The van der Waals surface area contributed by atoms with Gasteiger partial charge in [0.2, 0.25) is 0 Å². The maximum absolute atomic E-state index is 9.02. The number of aliphatic hydroxyl groups excluding tert-OH is 1. The molecule has 0 radical (unpaired) electrons. The summed E-state index contributed by atoms with van der Waals surface area (Å²) in [5.74, 6) is 0. The average molecular weight is 238 g/mol.